The van der Waals surface area contributed by atoms with Crippen LogP contribution in [-0.4, -0.2) is 31.2 Å². The molecule has 1 N–H and O–H groups in total. The molecule has 14 heavy (non-hydrogen) atoms. The van der Waals surface area contributed by atoms with E-state index >= 15 is 0 Å². The van der Waals surface area contributed by atoms with E-state index in [1.165, 1.54) is 25.8 Å². The summed E-state index contributed by atoms with van der Waals surface area (Å²) in [7, 11) is 2.12. The van der Waals surface area contributed by atoms with Crippen molar-refractivity contribution < 1.29 is 0 Å². The van der Waals surface area contributed by atoms with E-state index < -0.39 is 0 Å². The van der Waals surface area contributed by atoms with E-state index in [0.29, 0.717) is 6.04 Å². The molecule has 0 saturated carbocycles. The van der Waals surface area contributed by atoms with Crippen LogP contribution in [0.3, 0.4) is 0 Å². The smallest absolute Gasteiger partial charge is 0.185 e. The highest BCUT2D eigenvalue weighted by molar-refractivity contribution is 7.13. The van der Waals surface area contributed by atoms with Crippen LogP contribution in [0.5, 0.6) is 0 Å². The summed E-state index contributed by atoms with van der Waals surface area (Å²) in [5.74, 6) is 0. The maximum atomic E-state index is 4.30. The van der Waals surface area contributed by atoms with Crippen molar-refractivity contribution in [2.45, 2.75) is 25.3 Å². The predicted octanol–water partition coefficient (Wildman–Crippen LogP) is 1.72. The third-order valence-corrected chi connectivity index (χ3v) is 3.54. The van der Waals surface area contributed by atoms with Gasteiger partial charge in [-0.1, -0.05) is 6.42 Å². The molecule has 0 bridgehead atoms. The molecule has 0 radical (unpaired) electrons. The lowest BCUT2D eigenvalue weighted by Crippen LogP contribution is -2.42. The number of thiazole rings is 1. The molecule has 78 valence electrons. The van der Waals surface area contributed by atoms with E-state index in [2.05, 4.69) is 22.2 Å². The van der Waals surface area contributed by atoms with Crippen LogP contribution in [-0.2, 0) is 0 Å². The highest BCUT2D eigenvalue weighted by atomic mass is 32.1. The molecule has 0 unspecified atom stereocenters. The van der Waals surface area contributed by atoms with Crippen molar-refractivity contribution in [3.63, 3.8) is 0 Å². The molecule has 1 aliphatic rings. The summed E-state index contributed by atoms with van der Waals surface area (Å²) in [4.78, 5) is 6.54. The van der Waals surface area contributed by atoms with E-state index in [4.69, 9.17) is 0 Å². The predicted molar refractivity (Wildman–Crippen MR) is 61.0 cm³/mol. The maximum Gasteiger partial charge on any atom is 0.185 e. The van der Waals surface area contributed by atoms with Gasteiger partial charge in [-0.2, -0.15) is 0 Å². The summed E-state index contributed by atoms with van der Waals surface area (Å²) in [6, 6.07) is 0.651. The van der Waals surface area contributed by atoms with Gasteiger partial charge in [-0.3, -0.25) is 0 Å². The zero-order valence-electron chi connectivity index (χ0n) is 8.57. The van der Waals surface area contributed by atoms with Crippen LogP contribution < -0.4 is 10.2 Å². The van der Waals surface area contributed by atoms with Crippen molar-refractivity contribution >= 4 is 16.5 Å². The Morgan fingerprint density at radius 1 is 1.64 bits per heavy atom. The minimum absolute atomic E-state index is 0.651. The maximum absolute atomic E-state index is 4.30. The van der Waals surface area contributed by atoms with Gasteiger partial charge in [0.05, 0.1) is 0 Å². The monoisotopic (exact) mass is 211 g/mol. The first-order valence-corrected chi connectivity index (χ1v) is 6.08. The lowest BCUT2D eigenvalue weighted by atomic mass is 10.1. The fourth-order valence-electron chi connectivity index (χ4n) is 1.89. The molecule has 1 fully saturated rings. The van der Waals surface area contributed by atoms with Crippen LogP contribution in [0.4, 0.5) is 5.13 Å². The summed E-state index contributed by atoms with van der Waals surface area (Å²) < 4.78 is 0. The minimum Gasteiger partial charge on any atom is -0.350 e. The number of aromatic nitrogens is 1. The third-order valence-electron chi connectivity index (χ3n) is 2.65. The second-order valence-corrected chi connectivity index (χ2v) is 4.72. The summed E-state index contributed by atoms with van der Waals surface area (Å²) in [6.45, 7) is 2.25. The topological polar surface area (TPSA) is 28.2 Å². The van der Waals surface area contributed by atoms with E-state index in [1.807, 2.05) is 11.6 Å². The summed E-state index contributed by atoms with van der Waals surface area (Å²) in [6.07, 6.45) is 5.86. The molecule has 0 aromatic carbocycles. The van der Waals surface area contributed by atoms with Crippen LogP contribution in [0.15, 0.2) is 11.6 Å². The van der Waals surface area contributed by atoms with Gasteiger partial charge in [0.15, 0.2) is 5.13 Å². The minimum atomic E-state index is 0.651. The Morgan fingerprint density at radius 2 is 2.57 bits per heavy atom. The lowest BCUT2D eigenvalue weighted by Gasteiger charge is -2.27. The Labute approximate surface area is 89.1 Å². The Kier molecular flexibility index (Phi) is 3.37. The van der Waals surface area contributed by atoms with Crippen molar-refractivity contribution in [3.05, 3.63) is 11.6 Å². The van der Waals surface area contributed by atoms with Gasteiger partial charge < -0.3 is 10.2 Å². The summed E-state index contributed by atoms with van der Waals surface area (Å²) >= 11 is 1.71. The molecule has 1 aromatic rings. The second-order valence-electron chi connectivity index (χ2n) is 3.84. The lowest BCUT2D eigenvalue weighted by molar-refractivity contribution is 0.403. The highest BCUT2D eigenvalue weighted by Gasteiger charge is 2.15. The van der Waals surface area contributed by atoms with Gasteiger partial charge in [0, 0.05) is 31.2 Å². The Bertz CT molecular complexity index is 254. The first-order valence-electron chi connectivity index (χ1n) is 5.20. The zero-order valence-corrected chi connectivity index (χ0v) is 9.39. The van der Waals surface area contributed by atoms with Crippen LogP contribution in [0.25, 0.3) is 0 Å². The molecule has 2 rings (SSSR count). The van der Waals surface area contributed by atoms with Crippen molar-refractivity contribution in [1.29, 1.82) is 0 Å². The molecule has 2 heterocycles. The molecule has 3 nitrogen and oxygen atoms in total. The van der Waals surface area contributed by atoms with Crippen LogP contribution in [0, 0.1) is 0 Å². The SMILES string of the molecule is CN(C[C@@H]1CCCCN1)c1nccs1. The van der Waals surface area contributed by atoms with Gasteiger partial charge in [-0.25, -0.2) is 4.98 Å². The molecular weight excluding hydrogens is 194 g/mol. The largest absolute Gasteiger partial charge is 0.350 e. The number of piperidine rings is 1. The van der Waals surface area contributed by atoms with Gasteiger partial charge in [0.2, 0.25) is 0 Å². The van der Waals surface area contributed by atoms with E-state index in [-0.39, 0.29) is 0 Å². The number of nitrogens with zero attached hydrogens (tertiary/aromatic N) is 2. The molecule has 0 amide bonds. The molecule has 1 aromatic heterocycles. The third kappa shape index (κ3) is 2.45. The number of rotatable bonds is 3. The number of hydrogen-bond donors (Lipinski definition) is 1. The van der Waals surface area contributed by atoms with Crippen LogP contribution >= 0.6 is 11.3 Å². The highest BCUT2D eigenvalue weighted by Crippen LogP contribution is 2.17. The van der Waals surface area contributed by atoms with Crippen molar-refractivity contribution in [1.82, 2.24) is 10.3 Å². The fraction of sp³-hybridized carbons (Fsp3) is 0.700. The quantitative estimate of drug-likeness (QED) is 0.825. The standard InChI is InChI=1S/C10H17N3S/c1-13(10-12-6-7-14-10)8-9-4-2-3-5-11-9/h6-7,9,11H,2-5,8H2,1H3/t9-/m0/s1. The van der Waals surface area contributed by atoms with E-state index in [9.17, 15) is 0 Å². The summed E-state index contributed by atoms with van der Waals surface area (Å²) in [5, 5.41) is 6.70. The van der Waals surface area contributed by atoms with Crippen LogP contribution in [0.2, 0.25) is 0 Å². The first kappa shape index (κ1) is 9.93. The van der Waals surface area contributed by atoms with Crippen molar-refractivity contribution in [3.8, 4) is 0 Å². The van der Waals surface area contributed by atoms with Gasteiger partial charge >= 0.3 is 0 Å². The zero-order chi connectivity index (χ0) is 9.80. The first-order chi connectivity index (χ1) is 6.86. The molecule has 0 spiro atoms. The average Bonchev–Trinajstić information content (AvgIpc) is 2.72. The molecule has 4 heteroatoms. The number of hydrogen-bond acceptors (Lipinski definition) is 4. The van der Waals surface area contributed by atoms with E-state index in [0.717, 1.165) is 11.7 Å². The Hall–Kier alpha value is -0.610. The number of likely N-dealkylation sites (N-methyl/N-ethyl adjacent to an activating group) is 1. The molecule has 0 aliphatic carbocycles. The molecule has 1 atom stereocenters. The summed E-state index contributed by atoms with van der Waals surface area (Å²) in [5.41, 5.74) is 0. The van der Waals surface area contributed by atoms with Gasteiger partial charge in [-0.05, 0) is 19.4 Å². The molecule has 1 saturated heterocycles. The van der Waals surface area contributed by atoms with E-state index in [1.54, 1.807) is 11.3 Å². The van der Waals surface area contributed by atoms with Crippen LogP contribution in [0.1, 0.15) is 19.3 Å². The average molecular weight is 211 g/mol. The Balaban J connectivity index is 1.84. The second kappa shape index (κ2) is 4.75. The van der Waals surface area contributed by atoms with Gasteiger partial charge in [0.1, 0.15) is 0 Å². The normalized spacial score (nSPS) is 22.2. The Morgan fingerprint density at radius 3 is 3.21 bits per heavy atom. The number of anilines is 1. The fourth-order valence-corrected chi connectivity index (χ4v) is 2.51. The molecular formula is C10H17N3S. The van der Waals surface area contributed by atoms with Gasteiger partial charge in [-0.15, -0.1) is 11.3 Å². The van der Waals surface area contributed by atoms with Crippen molar-refractivity contribution in [2.24, 2.45) is 0 Å². The van der Waals surface area contributed by atoms with Gasteiger partial charge in [0.25, 0.3) is 0 Å². The number of nitrogens with one attached hydrogen (secondary N) is 1. The van der Waals surface area contributed by atoms with Crippen molar-refractivity contribution in [2.75, 3.05) is 25.0 Å². The molecule has 1 aliphatic heterocycles.